The number of hydrogen-bond acceptors (Lipinski definition) is 5. The van der Waals surface area contributed by atoms with Gasteiger partial charge >= 0.3 is 6.18 Å². The molecule has 1 saturated heterocycles. The molecule has 0 aromatic carbocycles. The summed E-state index contributed by atoms with van der Waals surface area (Å²) in [6.07, 6.45) is -2.69. The summed E-state index contributed by atoms with van der Waals surface area (Å²) in [6, 6.07) is 4.86. The van der Waals surface area contributed by atoms with Crippen LogP contribution >= 0.6 is 0 Å². The summed E-state index contributed by atoms with van der Waals surface area (Å²) in [5.41, 5.74) is -0.934. The highest BCUT2D eigenvalue weighted by atomic mass is 19.4. The highest BCUT2D eigenvalue weighted by Gasteiger charge is 2.33. The third-order valence-electron chi connectivity index (χ3n) is 3.76. The number of nitrogens with one attached hydrogen (secondary N) is 1. The number of likely N-dealkylation sites (tertiary alicyclic amines) is 1. The van der Waals surface area contributed by atoms with Crippen LogP contribution in [0.3, 0.4) is 0 Å². The molecular formula is C15H17F3N4O. The molecule has 23 heavy (non-hydrogen) atoms. The quantitative estimate of drug-likeness (QED) is 0.936. The van der Waals surface area contributed by atoms with Crippen LogP contribution in [0.15, 0.2) is 28.9 Å². The van der Waals surface area contributed by atoms with Crippen LogP contribution in [-0.4, -0.2) is 34.0 Å². The number of nitrogens with zero attached hydrogens (tertiary/aromatic N) is 3. The Bertz CT molecular complexity index is 671. The van der Waals surface area contributed by atoms with Gasteiger partial charge in [-0.05, 0) is 25.5 Å². The van der Waals surface area contributed by atoms with Gasteiger partial charge < -0.3 is 9.73 Å². The molecule has 1 N–H and O–H groups in total. The van der Waals surface area contributed by atoms with E-state index in [4.69, 9.17) is 4.42 Å². The highest BCUT2D eigenvalue weighted by molar-refractivity contribution is 5.37. The Morgan fingerprint density at radius 3 is 2.87 bits per heavy atom. The van der Waals surface area contributed by atoms with Crippen LogP contribution in [-0.2, 0) is 12.7 Å². The predicted molar refractivity (Wildman–Crippen MR) is 77.8 cm³/mol. The Labute approximate surface area is 131 Å². The maximum atomic E-state index is 12.7. The molecule has 8 heteroatoms. The van der Waals surface area contributed by atoms with E-state index in [9.17, 15) is 13.2 Å². The van der Waals surface area contributed by atoms with Crippen molar-refractivity contribution in [2.24, 2.45) is 0 Å². The molecule has 1 atom stereocenters. The van der Waals surface area contributed by atoms with Crippen LogP contribution in [0.4, 0.5) is 19.0 Å². The molecule has 3 rings (SSSR count). The molecule has 1 fully saturated rings. The standard InChI is InChI=1S/C15H17F3N4O/c1-10-2-3-12(23-10)8-22-5-4-11(7-22)21-14-6-13(15(16,17)18)19-9-20-14/h2-3,6,9,11H,4-5,7-8H2,1H3,(H,19,20,21). The average molecular weight is 326 g/mol. The minimum atomic E-state index is -4.46. The molecule has 0 radical (unpaired) electrons. The zero-order chi connectivity index (χ0) is 16.4. The predicted octanol–water partition coefficient (Wildman–Crippen LogP) is 3.08. The lowest BCUT2D eigenvalue weighted by Crippen LogP contribution is -2.26. The first-order valence-corrected chi connectivity index (χ1v) is 7.33. The number of alkyl halides is 3. The van der Waals surface area contributed by atoms with Crippen LogP contribution in [0, 0.1) is 6.92 Å². The van der Waals surface area contributed by atoms with Crippen LogP contribution < -0.4 is 5.32 Å². The molecule has 0 amide bonds. The summed E-state index contributed by atoms with van der Waals surface area (Å²) >= 11 is 0. The first kappa shape index (κ1) is 15.8. The van der Waals surface area contributed by atoms with Gasteiger partial charge in [0.05, 0.1) is 6.54 Å². The highest BCUT2D eigenvalue weighted by Crippen LogP contribution is 2.28. The van der Waals surface area contributed by atoms with Gasteiger partial charge in [0.25, 0.3) is 0 Å². The molecule has 0 spiro atoms. The second-order valence-electron chi connectivity index (χ2n) is 5.66. The molecular weight excluding hydrogens is 309 g/mol. The van der Waals surface area contributed by atoms with Gasteiger partial charge in [0.15, 0.2) is 0 Å². The number of anilines is 1. The Kier molecular flexibility index (Phi) is 4.25. The zero-order valence-corrected chi connectivity index (χ0v) is 12.6. The van der Waals surface area contributed by atoms with Crippen molar-refractivity contribution in [1.82, 2.24) is 14.9 Å². The number of halogens is 3. The summed E-state index contributed by atoms with van der Waals surface area (Å²) in [4.78, 5) is 9.33. The first-order chi connectivity index (χ1) is 10.9. The van der Waals surface area contributed by atoms with Crippen molar-refractivity contribution in [2.45, 2.75) is 32.1 Å². The lowest BCUT2D eigenvalue weighted by molar-refractivity contribution is -0.141. The Morgan fingerprint density at radius 1 is 1.35 bits per heavy atom. The lowest BCUT2D eigenvalue weighted by atomic mass is 10.2. The topological polar surface area (TPSA) is 54.2 Å². The molecule has 124 valence electrons. The number of hydrogen-bond donors (Lipinski definition) is 1. The van der Waals surface area contributed by atoms with Crippen LogP contribution in [0.2, 0.25) is 0 Å². The molecule has 5 nitrogen and oxygen atoms in total. The van der Waals surface area contributed by atoms with Crippen molar-refractivity contribution in [3.63, 3.8) is 0 Å². The van der Waals surface area contributed by atoms with Crippen molar-refractivity contribution in [3.8, 4) is 0 Å². The van der Waals surface area contributed by atoms with Crippen LogP contribution in [0.5, 0.6) is 0 Å². The van der Waals surface area contributed by atoms with E-state index in [0.29, 0.717) is 6.54 Å². The van der Waals surface area contributed by atoms with Gasteiger partial charge in [-0.25, -0.2) is 9.97 Å². The van der Waals surface area contributed by atoms with Gasteiger partial charge in [0.2, 0.25) is 0 Å². The van der Waals surface area contributed by atoms with E-state index >= 15 is 0 Å². The van der Waals surface area contributed by atoms with Gasteiger partial charge in [-0.15, -0.1) is 0 Å². The second kappa shape index (κ2) is 6.19. The van der Waals surface area contributed by atoms with Crippen molar-refractivity contribution in [2.75, 3.05) is 18.4 Å². The molecule has 0 bridgehead atoms. The van der Waals surface area contributed by atoms with E-state index in [1.165, 1.54) is 0 Å². The van der Waals surface area contributed by atoms with E-state index < -0.39 is 11.9 Å². The lowest BCUT2D eigenvalue weighted by Gasteiger charge is -2.16. The Morgan fingerprint density at radius 2 is 2.17 bits per heavy atom. The Balaban J connectivity index is 1.57. The SMILES string of the molecule is Cc1ccc(CN2CCC(Nc3cc(C(F)(F)F)ncn3)C2)o1. The minimum Gasteiger partial charge on any atom is -0.465 e. The number of aryl methyl sites for hydroxylation is 1. The number of aromatic nitrogens is 2. The summed E-state index contributed by atoms with van der Waals surface area (Å²) in [7, 11) is 0. The van der Waals surface area contributed by atoms with Gasteiger partial charge in [-0.2, -0.15) is 13.2 Å². The van der Waals surface area contributed by atoms with Crippen LogP contribution in [0.25, 0.3) is 0 Å². The molecule has 1 aliphatic heterocycles. The van der Waals surface area contributed by atoms with Gasteiger partial charge in [-0.3, -0.25) is 4.90 Å². The number of furan rings is 1. The van der Waals surface area contributed by atoms with Crippen molar-refractivity contribution < 1.29 is 17.6 Å². The van der Waals surface area contributed by atoms with Crippen molar-refractivity contribution in [1.29, 1.82) is 0 Å². The minimum absolute atomic E-state index is 0.0574. The normalized spacial score (nSPS) is 19.2. The maximum Gasteiger partial charge on any atom is 0.433 e. The molecule has 3 heterocycles. The van der Waals surface area contributed by atoms with E-state index in [0.717, 1.165) is 43.4 Å². The third kappa shape index (κ3) is 4.01. The smallest absolute Gasteiger partial charge is 0.433 e. The van der Waals surface area contributed by atoms with E-state index in [1.54, 1.807) is 0 Å². The average Bonchev–Trinajstić information content (AvgIpc) is 3.08. The molecule has 1 aliphatic rings. The van der Waals surface area contributed by atoms with E-state index in [-0.39, 0.29) is 11.9 Å². The monoisotopic (exact) mass is 326 g/mol. The fraction of sp³-hybridized carbons (Fsp3) is 0.467. The summed E-state index contributed by atoms with van der Waals surface area (Å²) in [5.74, 6) is 1.96. The summed E-state index contributed by atoms with van der Waals surface area (Å²) in [6.45, 7) is 4.18. The van der Waals surface area contributed by atoms with Crippen molar-refractivity contribution in [3.05, 3.63) is 41.7 Å². The van der Waals surface area contributed by atoms with Gasteiger partial charge in [-0.1, -0.05) is 0 Å². The summed E-state index contributed by atoms with van der Waals surface area (Å²) < 4.78 is 43.5. The summed E-state index contributed by atoms with van der Waals surface area (Å²) in [5, 5.41) is 3.05. The zero-order valence-electron chi connectivity index (χ0n) is 12.6. The second-order valence-corrected chi connectivity index (χ2v) is 5.66. The molecule has 0 aliphatic carbocycles. The largest absolute Gasteiger partial charge is 0.465 e. The van der Waals surface area contributed by atoms with Gasteiger partial charge in [0.1, 0.15) is 29.4 Å². The van der Waals surface area contributed by atoms with Crippen LogP contribution in [0.1, 0.15) is 23.6 Å². The van der Waals surface area contributed by atoms with Crippen molar-refractivity contribution >= 4 is 5.82 Å². The molecule has 0 saturated carbocycles. The molecule has 2 aromatic heterocycles. The third-order valence-corrected chi connectivity index (χ3v) is 3.76. The first-order valence-electron chi connectivity index (χ1n) is 7.33. The molecule has 1 unspecified atom stereocenters. The Hall–Kier alpha value is -2.09. The maximum absolute atomic E-state index is 12.7. The van der Waals surface area contributed by atoms with E-state index in [2.05, 4.69) is 20.2 Å². The fourth-order valence-corrected chi connectivity index (χ4v) is 2.68. The van der Waals surface area contributed by atoms with Gasteiger partial charge in [0, 0.05) is 25.2 Å². The fourth-order valence-electron chi connectivity index (χ4n) is 2.68. The molecule has 2 aromatic rings. The van der Waals surface area contributed by atoms with E-state index in [1.807, 2.05) is 19.1 Å². The number of rotatable bonds is 4.